The minimum atomic E-state index is -1.02. The molecule has 0 aromatic heterocycles. The van der Waals surface area contributed by atoms with Crippen molar-refractivity contribution >= 4 is 18.0 Å². The quantitative estimate of drug-likeness (QED) is 0.221. The highest BCUT2D eigenvalue weighted by Gasteiger charge is 2.28. The third-order valence-electron chi connectivity index (χ3n) is 6.52. The summed E-state index contributed by atoms with van der Waals surface area (Å²) in [5.41, 5.74) is 3.50. The smallest absolute Gasteiger partial charge is 0.408 e. The molecule has 2 atom stereocenters. The topological polar surface area (TPSA) is 103 Å². The van der Waals surface area contributed by atoms with Crippen molar-refractivity contribution in [3.8, 4) is 5.75 Å². The molecular weight excluding hydrogens is 532 g/mol. The molecule has 8 heteroatoms. The Labute approximate surface area is 245 Å². The van der Waals surface area contributed by atoms with Crippen LogP contribution < -0.4 is 15.4 Å². The van der Waals surface area contributed by atoms with Crippen LogP contribution in [0.3, 0.4) is 0 Å². The van der Waals surface area contributed by atoms with Gasteiger partial charge in [0.25, 0.3) is 0 Å². The summed E-state index contributed by atoms with van der Waals surface area (Å²) in [5.74, 6) is -0.452. The molecule has 0 saturated carbocycles. The van der Waals surface area contributed by atoms with Crippen LogP contribution in [-0.4, -0.2) is 37.2 Å². The Morgan fingerprint density at radius 1 is 0.595 bits per heavy atom. The number of amides is 2. The molecule has 0 aliphatic rings. The number of alkyl carbamates (subject to hydrolysis) is 1. The molecule has 0 saturated heterocycles. The summed E-state index contributed by atoms with van der Waals surface area (Å²) in [4.78, 5) is 38.8. The Bertz CT molecular complexity index is 1410. The number of hydrogen-bond acceptors (Lipinski definition) is 6. The number of carbonyl (C=O) groups is 3. The van der Waals surface area contributed by atoms with Crippen LogP contribution in [0.4, 0.5) is 4.79 Å². The predicted molar refractivity (Wildman–Crippen MR) is 159 cm³/mol. The van der Waals surface area contributed by atoms with Crippen molar-refractivity contribution < 1.29 is 28.6 Å². The summed E-state index contributed by atoms with van der Waals surface area (Å²) < 4.78 is 16.2. The number of hydrogen-bond donors (Lipinski definition) is 2. The first-order valence-corrected chi connectivity index (χ1v) is 13.6. The van der Waals surface area contributed by atoms with E-state index < -0.39 is 30.1 Å². The third kappa shape index (κ3) is 9.52. The molecule has 0 fully saturated rings. The lowest BCUT2D eigenvalue weighted by molar-refractivity contribution is -0.145. The van der Waals surface area contributed by atoms with Crippen molar-refractivity contribution in [3.63, 3.8) is 0 Å². The van der Waals surface area contributed by atoms with Crippen molar-refractivity contribution in [1.29, 1.82) is 0 Å². The molecular formula is C34H34N2O6. The van der Waals surface area contributed by atoms with Gasteiger partial charge in [0.05, 0.1) is 7.11 Å². The zero-order chi connectivity index (χ0) is 29.6. The number of methoxy groups -OCH3 is 1. The van der Waals surface area contributed by atoms with Crippen LogP contribution in [0.5, 0.6) is 5.75 Å². The highest BCUT2D eigenvalue weighted by Crippen LogP contribution is 2.16. The van der Waals surface area contributed by atoms with Gasteiger partial charge in [-0.25, -0.2) is 9.59 Å². The molecule has 216 valence electrons. The summed E-state index contributed by atoms with van der Waals surface area (Å²) in [6, 6.07) is 33.7. The molecule has 4 aromatic rings. The number of esters is 1. The van der Waals surface area contributed by atoms with Crippen molar-refractivity contribution in [2.45, 2.75) is 38.1 Å². The van der Waals surface area contributed by atoms with E-state index in [0.717, 1.165) is 22.3 Å². The number of benzene rings is 4. The maximum atomic E-state index is 13.5. The Kier molecular flexibility index (Phi) is 11.1. The molecule has 2 amide bonds. The molecule has 2 N–H and O–H groups in total. The Balaban J connectivity index is 1.44. The van der Waals surface area contributed by atoms with E-state index in [1.165, 1.54) is 7.11 Å². The van der Waals surface area contributed by atoms with Gasteiger partial charge in [0, 0.05) is 12.8 Å². The monoisotopic (exact) mass is 566 g/mol. The highest BCUT2D eigenvalue weighted by atomic mass is 16.5. The zero-order valence-corrected chi connectivity index (χ0v) is 23.4. The SMILES string of the molecule is COC(=O)[C@H](Cc1ccccc1)NC(=O)[C@H](Cc1ccc(OCc2ccccc2)cc1)NC(=O)OCc1ccccc1. The summed E-state index contributed by atoms with van der Waals surface area (Å²) in [5, 5.41) is 5.42. The summed E-state index contributed by atoms with van der Waals surface area (Å²) >= 11 is 0. The number of rotatable bonds is 13. The average Bonchev–Trinajstić information content (AvgIpc) is 3.04. The summed E-state index contributed by atoms with van der Waals surface area (Å²) in [6.07, 6.45) is -0.359. The van der Waals surface area contributed by atoms with E-state index in [4.69, 9.17) is 14.2 Å². The van der Waals surface area contributed by atoms with Crippen LogP contribution in [0.1, 0.15) is 22.3 Å². The minimum absolute atomic E-state index is 0.0489. The van der Waals surface area contributed by atoms with E-state index in [1.807, 2.05) is 115 Å². The Morgan fingerprint density at radius 3 is 1.67 bits per heavy atom. The van der Waals surface area contributed by atoms with Gasteiger partial charge in [-0.1, -0.05) is 103 Å². The Morgan fingerprint density at radius 2 is 1.10 bits per heavy atom. The summed E-state index contributed by atoms with van der Waals surface area (Å²) in [7, 11) is 1.27. The van der Waals surface area contributed by atoms with Gasteiger partial charge in [-0.2, -0.15) is 0 Å². The molecule has 0 heterocycles. The molecule has 0 unspecified atom stereocenters. The maximum absolute atomic E-state index is 13.5. The molecule has 0 spiro atoms. The van der Waals surface area contributed by atoms with Gasteiger partial charge in [-0.05, 0) is 34.4 Å². The van der Waals surface area contributed by atoms with Crippen molar-refractivity contribution in [1.82, 2.24) is 10.6 Å². The van der Waals surface area contributed by atoms with Crippen molar-refractivity contribution in [2.75, 3.05) is 7.11 Å². The van der Waals surface area contributed by atoms with Gasteiger partial charge >= 0.3 is 12.1 Å². The lowest BCUT2D eigenvalue weighted by atomic mass is 10.0. The molecule has 0 aliphatic carbocycles. The van der Waals surface area contributed by atoms with E-state index >= 15 is 0 Å². The van der Waals surface area contributed by atoms with Crippen molar-refractivity contribution in [3.05, 3.63) is 138 Å². The normalized spacial score (nSPS) is 11.9. The number of ether oxygens (including phenoxy) is 3. The molecule has 0 radical (unpaired) electrons. The third-order valence-corrected chi connectivity index (χ3v) is 6.52. The van der Waals surface area contributed by atoms with Crippen LogP contribution >= 0.6 is 0 Å². The van der Waals surface area contributed by atoms with Gasteiger partial charge in [0.2, 0.25) is 5.91 Å². The van der Waals surface area contributed by atoms with Gasteiger partial charge in [-0.3, -0.25) is 4.79 Å². The van der Waals surface area contributed by atoms with Crippen LogP contribution in [0.25, 0.3) is 0 Å². The highest BCUT2D eigenvalue weighted by molar-refractivity contribution is 5.90. The number of carbonyl (C=O) groups excluding carboxylic acids is 3. The summed E-state index contributed by atoms with van der Waals surface area (Å²) in [6.45, 7) is 0.476. The zero-order valence-electron chi connectivity index (χ0n) is 23.4. The molecule has 8 nitrogen and oxygen atoms in total. The van der Waals surface area contributed by atoms with E-state index in [0.29, 0.717) is 12.4 Å². The second-order valence-corrected chi connectivity index (χ2v) is 9.66. The second-order valence-electron chi connectivity index (χ2n) is 9.66. The van der Waals surface area contributed by atoms with E-state index in [1.54, 1.807) is 0 Å². The van der Waals surface area contributed by atoms with Gasteiger partial charge in [0.1, 0.15) is 31.0 Å². The molecule has 4 aromatic carbocycles. The minimum Gasteiger partial charge on any atom is -0.489 e. The predicted octanol–water partition coefficient (Wildman–Crippen LogP) is 5.00. The van der Waals surface area contributed by atoms with Crippen LogP contribution in [0.2, 0.25) is 0 Å². The lowest BCUT2D eigenvalue weighted by Gasteiger charge is -2.22. The number of nitrogens with one attached hydrogen (secondary N) is 2. The first kappa shape index (κ1) is 29.9. The Hall–Kier alpha value is -5.11. The van der Waals surface area contributed by atoms with E-state index in [-0.39, 0.29) is 19.4 Å². The fraction of sp³-hybridized carbons (Fsp3) is 0.206. The fourth-order valence-corrected chi connectivity index (χ4v) is 4.27. The van der Waals surface area contributed by atoms with Gasteiger partial charge in [-0.15, -0.1) is 0 Å². The lowest BCUT2D eigenvalue weighted by Crippen LogP contribution is -2.53. The first-order valence-electron chi connectivity index (χ1n) is 13.6. The van der Waals surface area contributed by atoms with Crippen LogP contribution in [0, 0.1) is 0 Å². The van der Waals surface area contributed by atoms with E-state index in [2.05, 4.69) is 10.6 Å². The van der Waals surface area contributed by atoms with Crippen LogP contribution in [0.15, 0.2) is 115 Å². The van der Waals surface area contributed by atoms with Crippen molar-refractivity contribution in [2.24, 2.45) is 0 Å². The van der Waals surface area contributed by atoms with Gasteiger partial charge < -0.3 is 24.8 Å². The maximum Gasteiger partial charge on any atom is 0.408 e. The second kappa shape index (κ2) is 15.6. The average molecular weight is 567 g/mol. The van der Waals surface area contributed by atoms with Crippen LogP contribution in [-0.2, 0) is 45.1 Å². The molecule has 42 heavy (non-hydrogen) atoms. The van der Waals surface area contributed by atoms with Gasteiger partial charge in [0.15, 0.2) is 0 Å². The molecule has 4 rings (SSSR count). The fourth-order valence-electron chi connectivity index (χ4n) is 4.27. The van der Waals surface area contributed by atoms with E-state index in [9.17, 15) is 14.4 Å². The molecule has 0 aliphatic heterocycles. The largest absolute Gasteiger partial charge is 0.489 e. The first-order chi connectivity index (χ1) is 20.5. The standard InChI is InChI=1S/C34H34N2O6/c1-40-33(38)31(22-25-11-5-2-6-12-25)35-32(37)30(36-34(39)42-24-28-15-9-4-10-16-28)21-26-17-19-29(20-18-26)41-23-27-13-7-3-8-14-27/h2-20,30-31H,21-24H2,1H3,(H,35,37)(H,36,39)/t30-,31-/m0/s1. The molecule has 0 bridgehead atoms.